The number of amidine groups is 1. The van der Waals surface area contributed by atoms with Gasteiger partial charge in [0.05, 0.1) is 6.54 Å². The number of halogens is 1. The third kappa shape index (κ3) is 4.45. The molecule has 1 aromatic carbocycles. The maximum absolute atomic E-state index is 7.16. The van der Waals surface area contributed by atoms with Crippen LogP contribution in [0.3, 0.4) is 0 Å². The van der Waals surface area contributed by atoms with Gasteiger partial charge < -0.3 is 0 Å². The molecule has 72 valence electrons. The van der Waals surface area contributed by atoms with Crippen molar-refractivity contribution >= 4 is 43.0 Å². The number of rotatable bonds is 2. The van der Waals surface area contributed by atoms with Crippen LogP contribution in [0.1, 0.15) is 5.56 Å². The molecule has 0 aliphatic rings. The van der Waals surface area contributed by atoms with Gasteiger partial charge in [-0.3, -0.25) is 9.71 Å². The maximum Gasteiger partial charge on any atom is 0.163 e. The first-order chi connectivity index (χ1) is 5.70. The van der Waals surface area contributed by atoms with Gasteiger partial charge in [-0.25, -0.2) is 0 Å². The summed E-state index contributed by atoms with van der Waals surface area (Å²) >= 11 is 7.92. The summed E-state index contributed by atoms with van der Waals surface area (Å²) in [6.07, 6.45) is 0. The highest BCUT2D eigenvalue weighted by atomic mass is 35.5. The van der Waals surface area contributed by atoms with Crippen LogP contribution < -0.4 is 0 Å². The van der Waals surface area contributed by atoms with E-state index in [0.717, 1.165) is 5.56 Å². The molecule has 0 saturated carbocycles. The van der Waals surface area contributed by atoms with Gasteiger partial charge in [-0.05, 0) is 5.56 Å². The first-order valence-electron chi connectivity index (χ1n) is 3.48. The van der Waals surface area contributed by atoms with Crippen LogP contribution >= 0.6 is 37.9 Å². The zero-order valence-corrected chi connectivity index (χ0v) is 9.45. The fourth-order valence-electron chi connectivity index (χ4n) is 0.831. The Labute approximate surface area is 95.2 Å². The minimum Gasteiger partial charge on any atom is -0.294 e. The third-order valence-corrected chi connectivity index (χ3v) is 2.16. The largest absolute Gasteiger partial charge is 0.294 e. The fourth-order valence-corrected chi connectivity index (χ4v) is 1.07. The molecule has 0 spiro atoms. The lowest BCUT2D eigenvalue weighted by atomic mass is 10.2. The van der Waals surface area contributed by atoms with E-state index in [1.165, 1.54) is 4.31 Å². The molecule has 0 saturated heterocycles. The third-order valence-electron chi connectivity index (χ3n) is 1.42. The van der Waals surface area contributed by atoms with Crippen molar-refractivity contribution in [2.75, 3.05) is 0 Å². The van der Waals surface area contributed by atoms with Crippen LogP contribution in [0.25, 0.3) is 0 Å². The summed E-state index contributed by atoms with van der Waals surface area (Å²) in [5, 5.41) is 7.32. The second kappa shape index (κ2) is 6.18. The van der Waals surface area contributed by atoms with Gasteiger partial charge in [0.2, 0.25) is 0 Å². The van der Waals surface area contributed by atoms with Gasteiger partial charge in [0.25, 0.3) is 0 Å². The van der Waals surface area contributed by atoms with E-state index in [-0.39, 0.29) is 17.6 Å². The van der Waals surface area contributed by atoms with Crippen LogP contribution in [0.4, 0.5) is 0 Å². The summed E-state index contributed by atoms with van der Waals surface area (Å²) in [4.78, 5) is 0. The Bertz CT molecular complexity index is 266. The van der Waals surface area contributed by atoms with Crippen LogP contribution in [0.5, 0.6) is 0 Å². The number of hydrogen-bond acceptors (Lipinski definition) is 2. The zero-order chi connectivity index (χ0) is 8.97. The average Bonchev–Trinajstić information content (AvgIpc) is 2.06. The topological polar surface area (TPSA) is 27.1 Å². The minimum atomic E-state index is 0. The van der Waals surface area contributed by atoms with Gasteiger partial charge >= 0.3 is 0 Å². The molecule has 13 heavy (non-hydrogen) atoms. The Balaban J connectivity index is 0.00000144. The molecule has 0 unspecified atom stereocenters. The Hall–Kier alpha value is -0.320. The molecular weight excluding hydrogens is 224 g/mol. The van der Waals surface area contributed by atoms with Crippen molar-refractivity contribution in [2.45, 2.75) is 6.54 Å². The maximum atomic E-state index is 7.16. The number of hydrogen-bond donors (Lipinski definition) is 3. The van der Waals surface area contributed by atoms with Gasteiger partial charge in [0.15, 0.2) is 5.17 Å². The van der Waals surface area contributed by atoms with E-state index >= 15 is 0 Å². The predicted molar refractivity (Wildman–Crippen MR) is 64.9 cm³/mol. The highest BCUT2D eigenvalue weighted by Gasteiger charge is 2.00. The molecule has 2 nitrogen and oxygen atoms in total. The summed E-state index contributed by atoms with van der Waals surface area (Å²) in [7, 11) is 0. The van der Waals surface area contributed by atoms with Crippen LogP contribution in [0.2, 0.25) is 0 Å². The first kappa shape index (κ1) is 12.7. The highest BCUT2D eigenvalue weighted by molar-refractivity contribution is 7.98. The van der Waals surface area contributed by atoms with E-state index in [1.807, 2.05) is 30.3 Å². The summed E-state index contributed by atoms with van der Waals surface area (Å²) < 4.78 is 1.47. The Kier molecular flexibility index (Phi) is 6.03. The van der Waals surface area contributed by atoms with Crippen molar-refractivity contribution in [1.82, 2.24) is 4.31 Å². The van der Waals surface area contributed by atoms with E-state index in [4.69, 9.17) is 5.41 Å². The van der Waals surface area contributed by atoms with E-state index in [2.05, 4.69) is 25.4 Å². The van der Waals surface area contributed by atoms with Gasteiger partial charge in [0, 0.05) is 0 Å². The minimum absolute atomic E-state index is 0. The quantitative estimate of drug-likeness (QED) is 0.410. The van der Waals surface area contributed by atoms with Crippen LogP contribution in [-0.2, 0) is 6.54 Å². The molecule has 0 atom stereocenters. The molecule has 0 aliphatic carbocycles. The smallest absolute Gasteiger partial charge is 0.163 e. The number of thiol groups is 2. The summed E-state index contributed by atoms with van der Waals surface area (Å²) in [6, 6.07) is 9.84. The van der Waals surface area contributed by atoms with Crippen molar-refractivity contribution < 1.29 is 0 Å². The average molecular weight is 235 g/mol. The Morgan fingerprint density at radius 1 is 1.31 bits per heavy atom. The molecule has 0 aromatic heterocycles. The summed E-state index contributed by atoms with van der Waals surface area (Å²) in [6.45, 7) is 0.603. The molecule has 0 aliphatic heterocycles. The molecule has 0 fully saturated rings. The van der Waals surface area contributed by atoms with Crippen molar-refractivity contribution in [2.24, 2.45) is 0 Å². The summed E-state index contributed by atoms with van der Waals surface area (Å²) in [5.41, 5.74) is 1.12. The lowest BCUT2D eigenvalue weighted by molar-refractivity contribution is 0.688. The van der Waals surface area contributed by atoms with Crippen molar-refractivity contribution in [3.8, 4) is 0 Å². The number of nitrogens with zero attached hydrogens (tertiary/aromatic N) is 1. The molecule has 1 aromatic rings. The normalized spacial score (nSPS) is 8.77. The second-order valence-electron chi connectivity index (χ2n) is 2.37. The van der Waals surface area contributed by atoms with Gasteiger partial charge in [-0.2, -0.15) is 0 Å². The molecule has 5 heteroatoms. The van der Waals surface area contributed by atoms with Crippen LogP contribution in [0.15, 0.2) is 30.3 Å². The van der Waals surface area contributed by atoms with Gasteiger partial charge in [-0.1, -0.05) is 43.1 Å². The molecule has 1 N–H and O–H groups in total. The zero-order valence-electron chi connectivity index (χ0n) is 6.84. The standard InChI is InChI=1S/C8H10N2S2.ClH/c9-8(11)10(12)6-7-4-2-1-3-5-7;/h1-5,12H,6H2,(H2,9,11);1H. The highest BCUT2D eigenvalue weighted by Crippen LogP contribution is 2.07. The molecule has 0 radical (unpaired) electrons. The lowest BCUT2D eigenvalue weighted by Gasteiger charge is -2.13. The van der Waals surface area contributed by atoms with Crippen LogP contribution in [0, 0.1) is 5.41 Å². The Morgan fingerprint density at radius 2 is 1.85 bits per heavy atom. The molecule has 0 amide bonds. The van der Waals surface area contributed by atoms with Gasteiger partial charge in [0.1, 0.15) is 0 Å². The second-order valence-corrected chi connectivity index (χ2v) is 3.27. The predicted octanol–water partition coefficient (Wildman–Crippen LogP) is 2.62. The molecule has 0 bridgehead atoms. The van der Waals surface area contributed by atoms with Crippen molar-refractivity contribution in [3.63, 3.8) is 0 Å². The first-order valence-corrected chi connectivity index (χ1v) is 4.32. The number of benzene rings is 1. The molecule has 0 heterocycles. The van der Waals surface area contributed by atoms with E-state index in [9.17, 15) is 0 Å². The van der Waals surface area contributed by atoms with Crippen molar-refractivity contribution in [1.29, 1.82) is 5.41 Å². The fraction of sp³-hybridized carbons (Fsp3) is 0.125. The number of nitrogens with one attached hydrogen (secondary N) is 1. The molecular formula is C8H11ClN2S2. The van der Waals surface area contributed by atoms with Crippen molar-refractivity contribution in [3.05, 3.63) is 35.9 Å². The van der Waals surface area contributed by atoms with Crippen LogP contribution in [-0.4, -0.2) is 9.47 Å². The Morgan fingerprint density at radius 3 is 2.31 bits per heavy atom. The monoisotopic (exact) mass is 234 g/mol. The van der Waals surface area contributed by atoms with E-state index in [1.54, 1.807) is 0 Å². The summed E-state index contributed by atoms with van der Waals surface area (Å²) in [5.74, 6) is 0. The van der Waals surface area contributed by atoms with E-state index < -0.39 is 0 Å². The molecule has 1 rings (SSSR count). The van der Waals surface area contributed by atoms with Gasteiger partial charge in [-0.15, -0.1) is 25.0 Å². The SMILES string of the molecule is Cl.N=C(S)N(S)Cc1ccccc1. The lowest BCUT2D eigenvalue weighted by Crippen LogP contribution is -2.14. The van der Waals surface area contributed by atoms with E-state index in [0.29, 0.717) is 6.54 Å².